The Balaban J connectivity index is 1.96. The van der Waals surface area contributed by atoms with Crippen LogP contribution in [-0.2, 0) is 9.53 Å². The van der Waals surface area contributed by atoms with Crippen molar-refractivity contribution in [3.63, 3.8) is 0 Å². The van der Waals surface area contributed by atoms with E-state index in [4.69, 9.17) is 4.74 Å². The minimum Gasteiger partial charge on any atom is -0.452 e. The quantitative estimate of drug-likeness (QED) is 0.620. The molecule has 7 nitrogen and oxygen atoms in total. The van der Waals surface area contributed by atoms with Crippen molar-refractivity contribution in [1.82, 2.24) is 20.1 Å². The van der Waals surface area contributed by atoms with Gasteiger partial charge in [-0.3, -0.25) is 4.79 Å². The van der Waals surface area contributed by atoms with Gasteiger partial charge in [-0.2, -0.15) is 5.10 Å². The first-order valence-electron chi connectivity index (χ1n) is 7.53. The van der Waals surface area contributed by atoms with Crippen LogP contribution in [0.15, 0.2) is 30.6 Å². The first kappa shape index (κ1) is 16.7. The summed E-state index contributed by atoms with van der Waals surface area (Å²) in [5.74, 6) is -0.266. The molecule has 0 saturated carbocycles. The van der Waals surface area contributed by atoms with Crippen LogP contribution < -0.4 is 5.32 Å². The van der Waals surface area contributed by atoms with Gasteiger partial charge in [-0.25, -0.2) is 14.5 Å². The van der Waals surface area contributed by atoms with Crippen molar-refractivity contribution in [2.45, 2.75) is 26.7 Å². The Kier molecular flexibility index (Phi) is 5.85. The maximum Gasteiger partial charge on any atom is 0.342 e. The molecule has 0 aliphatic heterocycles. The average molecular weight is 316 g/mol. The predicted octanol–water partition coefficient (Wildman–Crippen LogP) is 1.65. The summed E-state index contributed by atoms with van der Waals surface area (Å²) in [6, 6.07) is 5.42. The molecule has 0 atom stereocenters. The molecule has 0 spiro atoms. The molecule has 7 heteroatoms. The maximum atomic E-state index is 12.1. The second kappa shape index (κ2) is 8.07. The number of pyridine rings is 1. The number of hydrogen-bond donors (Lipinski definition) is 1. The van der Waals surface area contributed by atoms with Crippen molar-refractivity contribution >= 4 is 11.9 Å². The number of nitrogens with one attached hydrogen (secondary N) is 1. The van der Waals surface area contributed by atoms with E-state index in [0.717, 1.165) is 12.8 Å². The third kappa shape index (κ3) is 4.38. The number of esters is 1. The first-order chi connectivity index (χ1) is 11.1. The van der Waals surface area contributed by atoms with Gasteiger partial charge in [0.25, 0.3) is 5.91 Å². The summed E-state index contributed by atoms with van der Waals surface area (Å²) < 4.78 is 6.58. The van der Waals surface area contributed by atoms with E-state index in [1.165, 1.54) is 6.20 Å². The third-order valence-corrected chi connectivity index (χ3v) is 3.28. The monoisotopic (exact) mass is 316 g/mol. The van der Waals surface area contributed by atoms with E-state index in [1.807, 2.05) is 13.0 Å². The zero-order valence-electron chi connectivity index (χ0n) is 13.3. The van der Waals surface area contributed by atoms with Crippen LogP contribution in [0.5, 0.6) is 0 Å². The van der Waals surface area contributed by atoms with Gasteiger partial charge in [0.15, 0.2) is 12.4 Å². The van der Waals surface area contributed by atoms with Gasteiger partial charge in [0.2, 0.25) is 0 Å². The Morgan fingerprint density at radius 2 is 2.17 bits per heavy atom. The van der Waals surface area contributed by atoms with E-state index in [2.05, 4.69) is 15.4 Å². The van der Waals surface area contributed by atoms with Gasteiger partial charge in [0.05, 0.1) is 11.9 Å². The van der Waals surface area contributed by atoms with Crippen LogP contribution in [0.2, 0.25) is 0 Å². The fourth-order valence-corrected chi connectivity index (χ4v) is 1.98. The van der Waals surface area contributed by atoms with Crippen molar-refractivity contribution in [1.29, 1.82) is 0 Å². The standard InChI is InChI=1S/C16H20N4O3/c1-3-4-8-18-15(21)11-23-16(22)13-10-19-20(12(13)2)14-7-5-6-9-17-14/h5-7,9-10H,3-4,8,11H2,1-2H3,(H,18,21). The Morgan fingerprint density at radius 3 is 2.87 bits per heavy atom. The van der Waals surface area contributed by atoms with Crippen LogP contribution in [0.3, 0.4) is 0 Å². The van der Waals surface area contributed by atoms with E-state index in [9.17, 15) is 9.59 Å². The molecule has 0 aromatic carbocycles. The number of ether oxygens (including phenoxy) is 1. The molecule has 0 radical (unpaired) electrons. The Bertz CT molecular complexity index is 667. The minimum atomic E-state index is -0.574. The van der Waals surface area contributed by atoms with E-state index in [1.54, 1.807) is 29.9 Å². The molecule has 0 bridgehead atoms. The second-order valence-electron chi connectivity index (χ2n) is 5.02. The molecule has 0 aliphatic rings. The van der Waals surface area contributed by atoms with E-state index >= 15 is 0 Å². The van der Waals surface area contributed by atoms with Crippen molar-refractivity contribution in [3.8, 4) is 5.82 Å². The van der Waals surface area contributed by atoms with Gasteiger partial charge in [0, 0.05) is 12.7 Å². The molecule has 2 aromatic heterocycles. The summed E-state index contributed by atoms with van der Waals surface area (Å²) in [7, 11) is 0. The lowest BCUT2D eigenvalue weighted by molar-refractivity contribution is -0.124. The number of amides is 1. The van der Waals surface area contributed by atoms with Crippen molar-refractivity contribution in [2.24, 2.45) is 0 Å². The lowest BCUT2D eigenvalue weighted by atomic mass is 10.2. The highest BCUT2D eigenvalue weighted by Crippen LogP contribution is 2.13. The van der Waals surface area contributed by atoms with Gasteiger partial charge < -0.3 is 10.1 Å². The molecular formula is C16H20N4O3. The van der Waals surface area contributed by atoms with E-state index in [0.29, 0.717) is 23.6 Å². The molecule has 0 aliphatic carbocycles. The topological polar surface area (TPSA) is 86.1 Å². The molecule has 1 N–H and O–H groups in total. The van der Waals surface area contributed by atoms with E-state index < -0.39 is 5.97 Å². The molecule has 2 aromatic rings. The van der Waals surface area contributed by atoms with Crippen LogP contribution in [0.1, 0.15) is 35.8 Å². The van der Waals surface area contributed by atoms with Gasteiger partial charge >= 0.3 is 5.97 Å². The molecule has 2 rings (SSSR count). The highest BCUT2D eigenvalue weighted by Gasteiger charge is 2.17. The summed E-state index contributed by atoms with van der Waals surface area (Å²) in [5, 5.41) is 6.84. The molecule has 1 amide bonds. The number of aromatic nitrogens is 3. The smallest absolute Gasteiger partial charge is 0.342 e. The van der Waals surface area contributed by atoms with Crippen molar-refractivity contribution in [2.75, 3.05) is 13.2 Å². The molecule has 23 heavy (non-hydrogen) atoms. The average Bonchev–Trinajstić information content (AvgIpc) is 2.95. The lowest BCUT2D eigenvalue weighted by Gasteiger charge is -2.06. The SMILES string of the molecule is CCCCNC(=O)COC(=O)c1cnn(-c2ccccn2)c1C. The summed E-state index contributed by atoms with van der Waals surface area (Å²) in [6.07, 6.45) is 4.96. The summed E-state index contributed by atoms with van der Waals surface area (Å²) in [5.41, 5.74) is 0.928. The number of carbonyl (C=O) groups is 2. The molecule has 0 fully saturated rings. The highest BCUT2D eigenvalue weighted by atomic mass is 16.5. The van der Waals surface area contributed by atoms with Gasteiger partial charge in [-0.1, -0.05) is 19.4 Å². The third-order valence-electron chi connectivity index (χ3n) is 3.28. The number of carbonyl (C=O) groups excluding carboxylic acids is 2. The number of rotatable bonds is 7. The fraction of sp³-hybridized carbons (Fsp3) is 0.375. The number of nitrogens with zero attached hydrogens (tertiary/aromatic N) is 3. The first-order valence-corrected chi connectivity index (χ1v) is 7.53. The predicted molar refractivity (Wildman–Crippen MR) is 84.3 cm³/mol. The minimum absolute atomic E-state index is 0.295. The molecule has 0 saturated heterocycles. The summed E-state index contributed by atoms with van der Waals surface area (Å²) in [6.45, 7) is 4.08. The van der Waals surface area contributed by atoms with Crippen LogP contribution in [-0.4, -0.2) is 39.8 Å². The Hall–Kier alpha value is -2.70. The van der Waals surface area contributed by atoms with Crippen LogP contribution >= 0.6 is 0 Å². The normalized spacial score (nSPS) is 10.3. The Labute approximate surface area is 134 Å². The Morgan fingerprint density at radius 1 is 1.35 bits per heavy atom. The lowest BCUT2D eigenvalue weighted by Crippen LogP contribution is -2.29. The maximum absolute atomic E-state index is 12.1. The van der Waals surface area contributed by atoms with Crippen LogP contribution in [0, 0.1) is 6.92 Å². The van der Waals surface area contributed by atoms with Gasteiger partial charge in [-0.15, -0.1) is 0 Å². The molecule has 122 valence electrons. The number of unbranched alkanes of at least 4 members (excludes halogenated alkanes) is 1. The summed E-state index contributed by atoms with van der Waals surface area (Å²) in [4.78, 5) is 27.8. The molecule has 2 heterocycles. The summed E-state index contributed by atoms with van der Waals surface area (Å²) >= 11 is 0. The van der Waals surface area contributed by atoms with Crippen molar-refractivity contribution < 1.29 is 14.3 Å². The fourth-order valence-electron chi connectivity index (χ4n) is 1.98. The number of hydrogen-bond acceptors (Lipinski definition) is 5. The molecule has 0 unspecified atom stereocenters. The van der Waals surface area contributed by atoms with Gasteiger partial charge in [0.1, 0.15) is 5.56 Å². The van der Waals surface area contributed by atoms with E-state index in [-0.39, 0.29) is 12.5 Å². The molecular weight excluding hydrogens is 296 g/mol. The highest BCUT2D eigenvalue weighted by molar-refractivity contribution is 5.92. The zero-order valence-corrected chi connectivity index (χ0v) is 13.3. The van der Waals surface area contributed by atoms with Crippen LogP contribution in [0.25, 0.3) is 5.82 Å². The largest absolute Gasteiger partial charge is 0.452 e. The van der Waals surface area contributed by atoms with Crippen molar-refractivity contribution in [3.05, 3.63) is 41.9 Å². The second-order valence-corrected chi connectivity index (χ2v) is 5.02. The van der Waals surface area contributed by atoms with Gasteiger partial charge in [-0.05, 0) is 25.5 Å². The zero-order chi connectivity index (χ0) is 16.7. The van der Waals surface area contributed by atoms with Crippen LogP contribution in [0.4, 0.5) is 0 Å².